The zero-order valence-corrected chi connectivity index (χ0v) is 11.1. The van der Waals surface area contributed by atoms with Gasteiger partial charge in [-0.1, -0.05) is 0 Å². The van der Waals surface area contributed by atoms with Crippen molar-refractivity contribution in [1.82, 2.24) is 9.88 Å². The molecule has 0 bridgehead atoms. The van der Waals surface area contributed by atoms with E-state index >= 15 is 0 Å². The van der Waals surface area contributed by atoms with Crippen LogP contribution in [-0.2, 0) is 0 Å². The molecular formula is C14H21N3O. The molecule has 0 saturated carbocycles. The van der Waals surface area contributed by atoms with Crippen molar-refractivity contribution in [3.63, 3.8) is 0 Å². The molecule has 98 valence electrons. The van der Waals surface area contributed by atoms with Gasteiger partial charge in [0.15, 0.2) is 0 Å². The number of rotatable bonds is 2. The van der Waals surface area contributed by atoms with E-state index in [4.69, 9.17) is 5.73 Å². The van der Waals surface area contributed by atoms with E-state index in [0.29, 0.717) is 5.56 Å². The maximum absolute atomic E-state index is 12.5. The summed E-state index contributed by atoms with van der Waals surface area (Å²) >= 11 is 0. The highest BCUT2D eigenvalue weighted by molar-refractivity contribution is 5.94. The Balaban J connectivity index is 2.21. The lowest BCUT2D eigenvalue weighted by Gasteiger charge is -2.38. The lowest BCUT2D eigenvalue weighted by atomic mass is 9.96. The molecule has 0 aromatic carbocycles. The van der Waals surface area contributed by atoms with Gasteiger partial charge in [-0.25, -0.2) is 0 Å². The Bertz CT molecular complexity index is 431. The Morgan fingerprint density at radius 1 is 1.50 bits per heavy atom. The summed E-state index contributed by atoms with van der Waals surface area (Å²) in [5.41, 5.74) is 7.67. The zero-order chi connectivity index (χ0) is 13.1. The standard InChI is InChI=1S/C14H21N3O/c1-10-7-12(9-16-8-10)14(18)17-6-4-3-5-13(17)11(2)15/h7-9,11,13H,3-6,15H2,1-2H3. The van der Waals surface area contributed by atoms with Crippen LogP contribution >= 0.6 is 0 Å². The van der Waals surface area contributed by atoms with Crippen LogP contribution in [0.3, 0.4) is 0 Å². The van der Waals surface area contributed by atoms with Crippen LogP contribution in [-0.4, -0.2) is 34.4 Å². The lowest BCUT2D eigenvalue weighted by Crippen LogP contribution is -2.51. The van der Waals surface area contributed by atoms with Crippen LogP contribution in [0.4, 0.5) is 0 Å². The average Bonchev–Trinajstić information content (AvgIpc) is 2.38. The van der Waals surface area contributed by atoms with Gasteiger partial charge in [-0.2, -0.15) is 0 Å². The summed E-state index contributed by atoms with van der Waals surface area (Å²) in [5, 5.41) is 0. The Morgan fingerprint density at radius 2 is 2.28 bits per heavy atom. The van der Waals surface area contributed by atoms with Crippen molar-refractivity contribution in [3.05, 3.63) is 29.6 Å². The largest absolute Gasteiger partial charge is 0.334 e. The molecule has 18 heavy (non-hydrogen) atoms. The molecule has 0 aliphatic carbocycles. The minimum atomic E-state index is 0.0204. The highest BCUT2D eigenvalue weighted by Gasteiger charge is 2.29. The van der Waals surface area contributed by atoms with Crippen LogP contribution < -0.4 is 5.73 Å². The Morgan fingerprint density at radius 3 is 2.94 bits per heavy atom. The van der Waals surface area contributed by atoms with Crippen LogP contribution in [0.2, 0.25) is 0 Å². The van der Waals surface area contributed by atoms with Gasteiger partial charge < -0.3 is 10.6 Å². The first-order valence-electron chi connectivity index (χ1n) is 6.58. The normalized spacial score (nSPS) is 21.7. The number of hydrogen-bond acceptors (Lipinski definition) is 3. The molecule has 4 nitrogen and oxygen atoms in total. The molecule has 2 heterocycles. The smallest absolute Gasteiger partial charge is 0.255 e. The molecule has 1 aromatic rings. The van der Waals surface area contributed by atoms with E-state index in [0.717, 1.165) is 31.4 Å². The fourth-order valence-electron chi connectivity index (χ4n) is 2.59. The quantitative estimate of drug-likeness (QED) is 0.866. The first-order valence-corrected chi connectivity index (χ1v) is 6.58. The highest BCUT2D eigenvalue weighted by atomic mass is 16.2. The molecular weight excluding hydrogens is 226 g/mol. The number of amides is 1. The third kappa shape index (κ3) is 2.70. The number of aryl methyl sites for hydroxylation is 1. The van der Waals surface area contributed by atoms with E-state index in [1.807, 2.05) is 24.8 Å². The molecule has 4 heteroatoms. The second kappa shape index (κ2) is 5.48. The van der Waals surface area contributed by atoms with Gasteiger partial charge in [0.25, 0.3) is 5.91 Å². The fourth-order valence-corrected chi connectivity index (χ4v) is 2.59. The Labute approximate surface area is 108 Å². The maximum Gasteiger partial charge on any atom is 0.255 e. The third-order valence-electron chi connectivity index (χ3n) is 3.54. The van der Waals surface area contributed by atoms with Crippen LogP contribution in [0.5, 0.6) is 0 Å². The molecule has 1 aliphatic rings. The molecule has 2 N–H and O–H groups in total. The van der Waals surface area contributed by atoms with E-state index < -0.39 is 0 Å². The topological polar surface area (TPSA) is 59.2 Å². The van der Waals surface area contributed by atoms with Gasteiger partial charge in [0.1, 0.15) is 0 Å². The minimum Gasteiger partial charge on any atom is -0.334 e. The summed E-state index contributed by atoms with van der Waals surface area (Å²) in [7, 11) is 0. The molecule has 1 fully saturated rings. The van der Waals surface area contributed by atoms with E-state index in [-0.39, 0.29) is 18.0 Å². The van der Waals surface area contributed by atoms with E-state index in [9.17, 15) is 4.79 Å². The number of aromatic nitrogens is 1. The number of nitrogens with two attached hydrogens (primary N) is 1. The monoisotopic (exact) mass is 247 g/mol. The second-order valence-electron chi connectivity index (χ2n) is 5.17. The molecule has 0 radical (unpaired) electrons. The van der Waals surface area contributed by atoms with E-state index in [2.05, 4.69) is 4.98 Å². The molecule has 2 atom stereocenters. The van der Waals surface area contributed by atoms with Crippen molar-refractivity contribution in [2.45, 2.75) is 45.2 Å². The molecule has 0 spiro atoms. The van der Waals surface area contributed by atoms with Crippen LogP contribution in [0.25, 0.3) is 0 Å². The SMILES string of the molecule is Cc1cncc(C(=O)N2CCCCC2C(C)N)c1. The highest BCUT2D eigenvalue weighted by Crippen LogP contribution is 2.21. The van der Waals surface area contributed by atoms with Gasteiger partial charge in [-0.15, -0.1) is 0 Å². The van der Waals surface area contributed by atoms with Crippen molar-refractivity contribution < 1.29 is 4.79 Å². The third-order valence-corrected chi connectivity index (χ3v) is 3.54. The number of carbonyl (C=O) groups excluding carboxylic acids is 1. The van der Waals surface area contributed by atoms with Crippen LogP contribution in [0.1, 0.15) is 42.1 Å². The lowest BCUT2D eigenvalue weighted by molar-refractivity contribution is 0.0583. The molecule has 1 aliphatic heterocycles. The van der Waals surface area contributed by atoms with Crippen molar-refractivity contribution >= 4 is 5.91 Å². The van der Waals surface area contributed by atoms with Gasteiger partial charge in [0, 0.05) is 31.0 Å². The molecule has 2 unspecified atom stereocenters. The summed E-state index contributed by atoms with van der Waals surface area (Å²) in [6.07, 6.45) is 6.62. The number of likely N-dealkylation sites (tertiary alicyclic amines) is 1. The average molecular weight is 247 g/mol. The maximum atomic E-state index is 12.5. The van der Waals surface area contributed by atoms with Gasteiger partial charge >= 0.3 is 0 Å². The van der Waals surface area contributed by atoms with E-state index in [1.54, 1.807) is 12.4 Å². The predicted molar refractivity (Wildman–Crippen MR) is 71.3 cm³/mol. The van der Waals surface area contributed by atoms with Crippen molar-refractivity contribution in [3.8, 4) is 0 Å². The first-order chi connectivity index (χ1) is 8.59. The first kappa shape index (κ1) is 13.0. The Hall–Kier alpha value is -1.42. The summed E-state index contributed by atoms with van der Waals surface area (Å²) in [6.45, 7) is 4.73. The summed E-state index contributed by atoms with van der Waals surface area (Å²) < 4.78 is 0. The summed E-state index contributed by atoms with van der Waals surface area (Å²) in [6, 6.07) is 2.07. The summed E-state index contributed by atoms with van der Waals surface area (Å²) in [4.78, 5) is 18.5. The fraction of sp³-hybridized carbons (Fsp3) is 0.571. The molecule has 1 amide bonds. The molecule has 1 saturated heterocycles. The van der Waals surface area contributed by atoms with Gasteiger partial charge in [-0.3, -0.25) is 9.78 Å². The van der Waals surface area contributed by atoms with E-state index in [1.165, 1.54) is 0 Å². The second-order valence-corrected chi connectivity index (χ2v) is 5.17. The van der Waals surface area contributed by atoms with Crippen molar-refractivity contribution in [2.24, 2.45) is 5.73 Å². The van der Waals surface area contributed by atoms with Gasteiger partial charge in [-0.05, 0) is 44.7 Å². The zero-order valence-electron chi connectivity index (χ0n) is 11.1. The molecule has 1 aromatic heterocycles. The number of nitrogens with zero attached hydrogens (tertiary/aromatic N) is 2. The number of hydrogen-bond donors (Lipinski definition) is 1. The number of pyridine rings is 1. The minimum absolute atomic E-state index is 0.0204. The van der Waals surface area contributed by atoms with Crippen molar-refractivity contribution in [2.75, 3.05) is 6.54 Å². The molecule has 2 rings (SSSR count). The van der Waals surface area contributed by atoms with Crippen molar-refractivity contribution in [1.29, 1.82) is 0 Å². The predicted octanol–water partition coefficient (Wildman–Crippen LogP) is 1.73. The van der Waals surface area contributed by atoms with Gasteiger partial charge in [0.2, 0.25) is 0 Å². The summed E-state index contributed by atoms with van der Waals surface area (Å²) in [5.74, 6) is 0.0631. The van der Waals surface area contributed by atoms with Crippen LogP contribution in [0.15, 0.2) is 18.5 Å². The number of carbonyl (C=O) groups is 1. The van der Waals surface area contributed by atoms with Crippen LogP contribution in [0, 0.1) is 6.92 Å². The van der Waals surface area contributed by atoms with Gasteiger partial charge in [0.05, 0.1) is 5.56 Å². The Kier molecular flexibility index (Phi) is 3.97. The number of piperidine rings is 1.